The van der Waals surface area contributed by atoms with Gasteiger partial charge in [0.2, 0.25) is 0 Å². The number of carbonyl (C=O) groups excluding carboxylic acids is 1. The summed E-state index contributed by atoms with van der Waals surface area (Å²) in [7, 11) is 1.76. The number of rotatable bonds is 5. The predicted molar refractivity (Wildman–Crippen MR) is 85.9 cm³/mol. The predicted octanol–water partition coefficient (Wildman–Crippen LogP) is 2.12. The molecule has 0 unspecified atom stereocenters. The molecule has 2 amide bonds. The highest BCUT2D eigenvalue weighted by Crippen LogP contribution is 2.15. The lowest BCUT2D eigenvalue weighted by Crippen LogP contribution is -2.30. The number of urea groups is 1. The van der Waals surface area contributed by atoms with Crippen LogP contribution in [0.4, 0.5) is 10.5 Å². The first kappa shape index (κ1) is 15.5. The number of nitrogens with zero attached hydrogens (tertiary/aromatic N) is 4. The van der Waals surface area contributed by atoms with Crippen LogP contribution in [0, 0.1) is 0 Å². The molecule has 0 spiro atoms. The summed E-state index contributed by atoms with van der Waals surface area (Å²) < 4.78 is 7.40. The molecular weight excluding hydrogens is 294 g/mol. The summed E-state index contributed by atoms with van der Waals surface area (Å²) in [6.07, 6.45) is 9.33. The monoisotopic (exact) mass is 315 g/mol. The molecule has 0 aromatic carbocycles. The van der Waals surface area contributed by atoms with Crippen LogP contribution in [0.15, 0.2) is 36.9 Å². The number of ether oxygens (including phenoxy) is 1. The minimum absolute atomic E-state index is 0.168. The van der Waals surface area contributed by atoms with Gasteiger partial charge in [-0.2, -0.15) is 5.10 Å². The van der Waals surface area contributed by atoms with Crippen LogP contribution in [0.1, 0.15) is 18.4 Å². The summed E-state index contributed by atoms with van der Waals surface area (Å²) in [5, 5.41) is 7.13. The molecule has 1 saturated heterocycles. The largest absolute Gasteiger partial charge is 0.376 e. The Balaban J connectivity index is 1.52. The van der Waals surface area contributed by atoms with Crippen LogP contribution in [-0.4, -0.2) is 45.5 Å². The molecule has 1 aliphatic rings. The van der Waals surface area contributed by atoms with Gasteiger partial charge in [0.1, 0.15) is 0 Å². The maximum atomic E-state index is 12.2. The zero-order chi connectivity index (χ0) is 16.1. The summed E-state index contributed by atoms with van der Waals surface area (Å²) in [5.74, 6) is 0. The van der Waals surface area contributed by atoms with E-state index in [4.69, 9.17) is 4.74 Å². The Morgan fingerprint density at radius 2 is 2.30 bits per heavy atom. The molecule has 7 nitrogen and oxygen atoms in total. The van der Waals surface area contributed by atoms with Crippen LogP contribution in [0.3, 0.4) is 0 Å². The molecule has 3 heterocycles. The van der Waals surface area contributed by atoms with E-state index >= 15 is 0 Å². The molecule has 1 fully saturated rings. The summed E-state index contributed by atoms with van der Waals surface area (Å²) in [6, 6.07) is 3.62. The van der Waals surface area contributed by atoms with Gasteiger partial charge < -0.3 is 15.0 Å². The fourth-order valence-corrected chi connectivity index (χ4v) is 2.58. The van der Waals surface area contributed by atoms with Crippen molar-refractivity contribution in [3.8, 4) is 0 Å². The van der Waals surface area contributed by atoms with Gasteiger partial charge in [-0.15, -0.1) is 0 Å². The van der Waals surface area contributed by atoms with Crippen LogP contribution in [-0.2, 0) is 17.8 Å². The van der Waals surface area contributed by atoms with Gasteiger partial charge >= 0.3 is 6.03 Å². The van der Waals surface area contributed by atoms with Crippen molar-refractivity contribution < 1.29 is 9.53 Å². The van der Waals surface area contributed by atoms with Crippen LogP contribution in [0.25, 0.3) is 0 Å². The topological polar surface area (TPSA) is 72.3 Å². The van der Waals surface area contributed by atoms with E-state index in [0.29, 0.717) is 12.2 Å². The molecule has 2 aromatic rings. The van der Waals surface area contributed by atoms with Crippen molar-refractivity contribution in [3.63, 3.8) is 0 Å². The second-order valence-corrected chi connectivity index (χ2v) is 5.73. The van der Waals surface area contributed by atoms with Gasteiger partial charge in [-0.1, -0.05) is 0 Å². The van der Waals surface area contributed by atoms with Gasteiger partial charge in [-0.3, -0.25) is 9.67 Å². The highest BCUT2D eigenvalue weighted by atomic mass is 16.5. The van der Waals surface area contributed by atoms with Gasteiger partial charge in [0, 0.05) is 38.8 Å². The molecule has 0 bridgehead atoms. The molecular formula is C16H21N5O2. The normalized spacial score (nSPS) is 17.2. The van der Waals surface area contributed by atoms with Gasteiger partial charge in [0.25, 0.3) is 0 Å². The Hall–Kier alpha value is -2.41. The van der Waals surface area contributed by atoms with E-state index in [9.17, 15) is 4.79 Å². The van der Waals surface area contributed by atoms with Crippen molar-refractivity contribution in [1.29, 1.82) is 0 Å². The van der Waals surface area contributed by atoms with Crippen LogP contribution < -0.4 is 5.32 Å². The number of anilines is 1. The molecule has 122 valence electrons. The third-order valence-electron chi connectivity index (χ3n) is 3.81. The Morgan fingerprint density at radius 3 is 3.04 bits per heavy atom. The highest BCUT2D eigenvalue weighted by molar-refractivity contribution is 5.88. The van der Waals surface area contributed by atoms with E-state index in [1.807, 2.05) is 23.0 Å². The number of amides is 2. The average Bonchev–Trinajstić information content (AvgIpc) is 3.21. The van der Waals surface area contributed by atoms with Crippen molar-refractivity contribution in [2.24, 2.45) is 0 Å². The number of nitrogens with one attached hydrogen (secondary N) is 1. The number of aromatic nitrogens is 3. The van der Waals surface area contributed by atoms with Crippen LogP contribution >= 0.6 is 0 Å². The lowest BCUT2D eigenvalue weighted by Gasteiger charge is -2.17. The first-order valence-electron chi connectivity index (χ1n) is 7.76. The number of carbonyl (C=O) groups is 1. The zero-order valence-corrected chi connectivity index (χ0v) is 13.2. The minimum Gasteiger partial charge on any atom is -0.376 e. The van der Waals surface area contributed by atoms with Crippen molar-refractivity contribution >= 4 is 11.7 Å². The first-order chi connectivity index (χ1) is 11.2. The molecule has 0 aliphatic carbocycles. The molecule has 1 N–H and O–H groups in total. The smallest absolute Gasteiger partial charge is 0.321 e. The molecule has 3 rings (SSSR count). The summed E-state index contributed by atoms with van der Waals surface area (Å²) in [5.41, 5.74) is 1.72. The number of pyridine rings is 1. The molecule has 0 radical (unpaired) electrons. The SMILES string of the molecule is CN(Cc1ccncc1)C(=O)Nc1cnn(C[C@@H]2CCCO2)c1. The van der Waals surface area contributed by atoms with E-state index in [1.54, 1.807) is 30.5 Å². The van der Waals surface area contributed by atoms with Gasteiger partial charge in [0.15, 0.2) is 0 Å². The molecule has 7 heteroatoms. The number of hydrogen-bond donors (Lipinski definition) is 1. The van der Waals surface area contributed by atoms with Gasteiger partial charge in [-0.05, 0) is 30.5 Å². The maximum Gasteiger partial charge on any atom is 0.321 e. The third-order valence-corrected chi connectivity index (χ3v) is 3.81. The first-order valence-corrected chi connectivity index (χ1v) is 7.76. The van der Waals surface area contributed by atoms with E-state index in [1.165, 1.54) is 0 Å². The lowest BCUT2D eigenvalue weighted by atomic mass is 10.2. The van der Waals surface area contributed by atoms with Crippen LogP contribution in [0.5, 0.6) is 0 Å². The molecule has 2 aromatic heterocycles. The quantitative estimate of drug-likeness (QED) is 0.917. The highest BCUT2D eigenvalue weighted by Gasteiger charge is 2.17. The molecule has 1 atom stereocenters. The molecule has 1 aliphatic heterocycles. The molecule has 0 saturated carbocycles. The third kappa shape index (κ3) is 4.29. The van der Waals surface area contributed by atoms with Crippen LogP contribution in [0.2, 0.25) is 0 Å². The van der Waals surface area contributed by atoms with E-state index in [0.717, 1.165) is 31.6 Å². The van der Waals surface area contributed by atoms with Crippen molar-refractivity contribution in [2.75, 3.05) is 19.0 Å². The summed E-state index contributed by atoms with van der Waals surface area (Å²) in [4.78, 5) is 17.8. The minimum atomic E-state index is -0.168. The van der Waals surface area contributed by atoms with Crippen molar-refractivity contribution in [3.05, 3.63) is 42.5 Å². The van der Waals surface area contributed by atoms with Crippen molar-refractivity contribution in [1.82, 2.24) is 19.7 Å². The summed E-state index contributed by atoms with van der Waals surface area (Å²) in [6.45, 7) is 2.08. The van der Waals surface area contributed by atoms with Gasteiger partial charge in [0.05, 0.1) is 24.5 Å². The fourth-order valence-electron chi connectivity index (χ4n) is 2.58. The standard InChI is InChI=1S/C16H21N5O2/c1-20(10-13-4-6-17-7-5-13)16(22)19-14-9-18-21(11-14)12-15-3-2-8-23-15/h4-7,9,11,15H,2-3,8,10,12H2,1H3,(H,19,22)/t15-/m0/s1. The Kier molecular flexibility index (Phi) is 4.87. The second kappa shape index (κ2) is 7.23. The Bertz CT molecular complexity index is 637. The Morgan fingerprint density at radius 1 is 1.48 bits per heavy atom. The fraction of sp³-hybridized carbons (Fsp3) is 0.438. The Labute approximate surface area is 135 Å². The van der Waals surface area contributed by atoms with Crippen molar-refractivity contribution in [2.45, 2.75) is 32.0 Å². The van der Waals surface area contributed by atoms with E-state index in [-0.39, 0.29) is 12.1 Å². The van der Waals surface area contributed by atoms with E-state index in [2.05, 4.69) is 15.4 Å². The zero-order valence-electron chi connectivity index (χ0n) is 13.2. The second-order valence-electron chi connectivity index (χ2n) is 5.73. The number of hydrogen-bond acceptors (Lipinski definition) is 4. The average molecular weight is 315 g/mol. The lowest BCUT2D eigenvalue weighted by molar-refractivity contribution is 0.0940. The van der Waals surface area contributed by atoms with Gasteiger partial charge in [-0.25, -0.2) is 4.79 Å². The maximum absolute atomic E-state index is 12.2. The van der Waals surface area contributed by atoms with E-state index < -0.39 is 0 Å². The summed E-state index contributed by atoms with van der Waals surface area (Å²) >= 11 is 0. The molecule has 23 heavy (non-hydrogen) atoms.